The normalized spacial score (nSPS) is 8.54. The molecule has 1 heterocycles. The molecule has 1 aromatic heterocycles. The Morgan fingerprint density at radius 1 is 1.69 bits per heavy atom. The number of aromatic nitrogens is 1. The predicted molar refractivity (Wildman–Crippen MR) is 53.8 cm³/mol. The number of ether oxygens (including phenoxy) is 1. The highest BCUT2D eigenvalue weighted by Crippen LogP contribution is 2.11. The summed E-state index contributed by atoms with van der Waals surface area (Å²) in [5.41, 5.74) is 5.60. The molecule has 0 radical (unpaired) electrons. The predicted octanol–water partition coefficient (Wildman–Crippen LogP) is 1.93. The van der Waals surface area contributed by atoms with E-state index in [2.05, 4.69) is 4.98 Å². The van der Waals surface area contributed by atoms with Crippen molar-refractivity contribution in [3.63, 3.8) is 0 Å². The molecule has 0 spiro atoms. The summed E-state index contributed by atoms with van der Waals surface area (Å²) < 4.78 is 4.69. The largest absolute Gasteiger partial charge is 0.461 e. The van der Waals surface area contributed by atoms with Crippen molar-refractivity contribution in [3.8, 4) is 0 Å². The number of carbonyl (C=O) groups is 1. The zero-order valence-corrected chi connectivity index (χ0v) is 8.85. The second kappa shape index (κ2) is 6.42. The van der Waals surface area contributed by atoms with Gasteiger partial charge >= 0.3 is 5.97 Å². The van der Waals surface area contributed by atoms with Gasteiger partial charge in [-0.25, -0.2) is 9.78 Å². The van der Waals surface area contributed by atoms with Gasteiger partial charge in [0.05, 0.1) is 6.61 Å². The van der Waals surface area contributed by atoms with E-state index >= 15 is 0 Å². The molecule has 0 aliphatic heterocycles. The molecule has 0 aliphatic carbocycles. The Balaban J connectivity index is 0.000000671. The number of nitrogen functional groups attached to an aromatic ring is 1. The molecule has 0 aliphatic rings. The number of thiazole rings is 1. The molecule has 0 amide bonds. The van der Waals surface area contributed by atoms with Gasteiger partial charge in [0.15, 0.2) is 10.8 Å². The highest BCUT2D eigenvalue weighted by atomic mass is 32.1. The van der Waals surface area contributed by atoms with E-state index in [1.807, 2.05) is 13.8 Å². The summed E-state index contributed by atoms with van der Waals surface area (Å²) in [6, 6.07) is 0. The fraction of sp³-hybridized carbons (Fsp3) is 0.500. The summed E-state index contributed by atoms with van der Waals surface area (Å²) in [5.74, 6) is -0.416. The first-order chi connectivity index (χ1) is 6.24. The van der Waals surface area contributed by atoms with Crippen LogP contribution in [0.2, 0.25) is 0 Å². The number of hydrogen-bond donors (Lipinski definition) is 1. The number of anilines is 1. The van der Waals surface area contributed by atoms with Crippen LogP contribution in [0.5, 0.6) is 0 Å². The molecule has 74 valence electrons. The van der Waals surface area contributed by atoms with Crippen LogP contribution in [0.1, 0.15) is 31.3 Å². The zero-order chi connectivity index (χ0) is 10.3. The number of rotatable bonds is 2. The highest BCUT2D eigenvalue weighted by molar-refractivity contribution is 7.13. The zero-order valence-electron chi connectivity index (χ0n) is 8.03. The second-order valence-corrected chi connectivity index (χ2v) is 2.68. The summed E-state index contributed by atoms with van der Waals surface area (Å²) in [4.78, 5) is 14.7. The van der Waals surface area contributed by atoms with Gasteiger partial charge in [-0.05, 0) is 6.92 Å². The smallest absolute Gasteiger partial charge is 0.357 e. The van der Waals surface area contributed by atoms with Gasteiger partial charge < -0.3 is 10.5 Å². The number of esters is 1. The summed E-state index contributed by atoms with van der Waals surface area (Å²) in [5, 5.41) is 1.96. The molecule has 2 N–H and O–H groups in total. The van der Waals surface area contributed by atoms with Gasteiger partial charge in [0.1, 0.15) is 0 Å². The van der Waals surface area contributed by atoms with Crippen LogP contribution in [0.15, 0.2) is 5.38 Å². The van der Waals surface area contributed by atoms with Crippen molar-refractivity contribution in [2.45, 2.75) is 20.8 Å². The number of carbonyl (C=O) groups excluding carboxylic acids is 1. The Kier molecular flexibility index (Phi) is 5.88. The van der Waals surface area contributed by atoms with E-state index in [1.54, 1.807) is 12.3 Å². The highest BCUT2D eigenvalue weighted by Gasteiger charge is 2.09. The van der Waals surface area contributed by atoms with E-state index < -0.39 is 5.97 Å². The summed E-state index contributed by atoms with van der Waals surface area (Å²) in [6.07, 6.45) is 0. The maximum Gasteiger partial charge on any atom is 0.357 e. The Morgan fingerprint density at radius 2 is 2.31 bits per heavy atom. The monoisotopic (exact) mass is 202 g/mol. The minimum absolute atomic E-state index is 0.286. The maximum absolute atomic E-state index is 10.9. The van der Waals surface area contributed by atoms with Gasteiger partial charge in [-0.1, -0.05) is 13.8 Å². The van der Waals surface area contributed by atoms with Crippen molar-refractivity contribution in [3.05, 3.63) is 11.1 Å². The van der Waals surface area contributed by atoms with E-state index in [9.17, 15) is 4.79 Å². The lowest BCUT2D eigenvalue weighted by atomic mass is 10.5. The van der Waals surface area contributed by atoms with Crippen LogP contribution < -0.4 is 5.73 Å². The van der Waals surface area contributed by atoms with Crippen molar-refractivity contribution in [1.82, 2.24) is 4.98 Å². The lowest BCUT2D eigenvalue weighted by molar-refractivity contribution is 0.0520. The third kappa shape index (κ3) is 3.89. The Labute approximate surface area is 81.7 Å². The van der Waals surface area contributed by atoms with E-state index in [0.29, 0.717) is 11.7 Å². The van der Waals surface area contributed by atoms with Crippen LogP contribution in [-0.2, 0) is 4.74 Å². The molecule has 0 saturated carbocycles. The topological polar surface area (TPSA) is 65.2 Å². The van der Waals surface area contributed by atoms with Crippen molar-refractivity contribution in [1.29, 1.82) is 0 Å². The molecule has 0 fully saturated rings. The van der Waals surface area contributed by atoms with E-state index in [0.717, 1.165) is 0 Å². The maximum atomic E-state index is 10.9. The number of nitrogens with zero attached hydrogens (tertiary/aromatic N) is 1. The lowest BCUT2D eigenvalue weighted by Crippen LogP contribution is -2.04. The SMILES string of the molecule is CC.CCOC(=O)c1csc(N)n1. The molecule has 0 saturated heterocycles. The van der Waals surface area contributed by atoms with Crippen LogP contribution in [0.4, 0.5) is 5.13 Å². The van der Waals surface area contributed by atoms with Gasteiger partial charge in [0, 0.05) is 5.38 Å². The van der Waals surface area contributed by atoms with E-state index in [1.165, 1.54) is 11.3 Å². The Hall–Kier alpha value is -1.10. The molecule has 4 nitrogen and oxygen atoms in total. The molecule has 13 heavy (non-hydrogen) atoms. The lowest BCUT2D eigenvalue weighted by Gasteiger charge is -1.95. The van der Waals surface area contributed by atoms with Crippen molar-refractivity contribution >= 4 is 22.4 Å². The van der Waals surface area contributed by atoms with Crippen LogP contribution in [0.3, 0.4) is 0 Å². The second-order valence-electron chi connectivity index (χ2n) is 1.79. The average Bonchev–Trinajstić information content (AvgIpc) is 2.56. The minimum Gasteiger partial charge on any atom is -0.461 e. The molecule has 0 aromatic carbocycles. The first-order valence-electron chi connectivity index (χ1n) is 4.12. The van der Waals surface area contributed by atoms with Crippen LogP contribution >= 0.6 is 11.3 Å². The summed E-state index contributed by atoms with van der Waals surface area (Å²) in [6.45, 7) is 6.10. The number of nitrogens with two attached hydrogens (primary N) is 1. The molecule has 1 aromatic rings. The third-order valence-corrected chi connectivity index (χ3v) is 1.68. The molecule has 0 atom stereocenters. The molecular weight excluding hydrogens is 188 g/mol. The summed E-state index contributed by atoms with van der Waals surface area (Å²) >= 11 is 1.22. The fourth-order valence-corrected chi connectivity index (χ4v) is 1.12. The van der Waals surface area contributed by atoms with E-state index in [-0.39, 0.29) is 5.69 Å². The van der Waals surface area contributed by atoms with E-state index in [4.69, 9.17) is 10.5 Å². The minimum atomic E-state index is -0.416. The third-order valence-electron chi connectivity index (χ3n) is 1.01. The standard InChI is InChI=1S/C6H8N2O2S.C2H6/c1-2-10-5(9)4-3-11-6(7)8-4;1-2/h3H,2H2,1H3,(H2,7,8);1-2H3. The van der Waals surface area contributed by atoms with Crippen LogP contribution in [-0.4, -0.2) is 17.6 Å². The first-order valence-corrected chi connectivity index (χ1v) is 5.00. The molecular formula is C8H14N2O2S. The van der Waals surface area contributed by atoms with Crippen LogP contribution in [0.25, 0.3) is 0 Å². The molecule has 5 heteroatoms. The van der Waals surface area contributed by atoms with Crippen molar-refractivity contribution < 1.29 is 9.53 Å². The quantitative estimate of drug-likeness (QED) is 0.744. The molecule has 0 unspecified atom stereocenters. The first kappa shape index (κ1) is 11.9. The van der Waals surface area contributed by atoms with Crippen molar-refractivity contribution in [2.75, 3.05) is 12.3 Å². The fourth-order valence-electron chi connectivity index (χ4n) is 0.586. The Bertz CT molecular complexity index is 260. The van der Waals surface area contributed by atoms with Gasteiger partial charge in [-0.2, -0.15) is 0 Å². The van der Waals surface area contributed by atoms with Crippen LogP contribution in [0, 0.1) is 0 Å². The van der Waals surface area contributed by atoms with Gasteiger partial charge in [0.2, 0.25) is 0 Å². The number of hydrogen-bond acceptors (Lipinski definition) is 5. The molecule has 0 bridgehead atoms. The van der Waals surface area contributed by atoms with Gasteiger partial charge in [-0.3, -0.25) is 0 Å². The van der Waals surface area contributed by atoms with Gasteiger partial charge in [-0.15, -0.1) is 11.3 Å². The summed E-state index contributed by atoms with van der Waals surface area (Å²) in [7, 11) is 0. The molecule has 1 rings (SSSR count). The van der Waals surface area contributed by atoms with Crippen molar-refractivity contribution in [2.24, 2.45) is 0 Å². The Morgan fingerprint density at radius 3 is 2.69 bits per heavy atom. The average molecular weight is 202 g/mol. The van der Waals surface area contributed by atoms with Gasteiger partial charge in [0.25, 0.3) is 0 Å².